The fourth-order valence-corrected chi connectivity index (χ4v) is 2.20. The van der Waals surface area contributed by atoms with Crippen molar-refractivity contribution >= 4 is 5.82 Å². The van der Waals surface area contributed by atoms with Crippen LogP contribution < -0.4 is 5.32 Å². The highest BCUT2D eigenvalue weighted by molar-refractivity contribution is 5.35. The summed E-state index contributed by atoms with van der Waals surface area (Å²) in [5.74, 6) is 0.960. The van der Waals surface area contributed by atoms with Crippen LogP contribution in [0.5, 0.6) is 0 Å². The summed E-state index contributed by atoms with van der Waals surface area (Å²) in [6.45, 7) is 3.15. The maximum absolute atomic E-state index is 4.25. The molecule has 1 aromatic heterocycles. The van der Waals surface area contributed by atoms with Gasteiger partial charge in [-0.15, -0.1) is 0 Å². The van der Waals surface area contributed by atoms with Crippen molar-refractivity contribution in [3.8, 4) is 0 Å². The molecule has 0 saturated carbocycles. The van der Waals surface area contributed by atoms with Gasteiger partial charge in [-0.2, -0.15) is 0 Å². The smallest absolute Gasteiger partial charge is 0.129 e. The highest BCUT2D eigenvalue weighted by Gasteiger charge is 2.04. The van der Waals surface area contributed by atoms with E-state index in [1.807, 2.05) is 0 Å². The van der Waals surface area contributed by atoms with E-state index in [-0.39, 0.29) is 0 Å². The van der Waals surface area contributed by atoms with Gasteiger partial charge < -0.3 is 5.32 Å². The standard InChI is InChI=1S/C14H21N3/c1-2-5-13-10-14(17-11-16-13)15-9-8-12-6-3-4-7-12/h6,10-11H,2-5,7-9H2,1H3,(H,15,16,17). The Balaban J connectivity index is 1.79. The van der Waals surface area contributed by atoms with E-state index < -0.39 is 0 Å². The van der Waals surface area contributed by atoms with Gasteiger partial charge in [-0.05, 0) is 32.1 Å². The van der Waals surface area contributed by atoms with E-state index in [2.05, 4.69) is 34.4 Å². The van der Waals surface area contributed by atoms with Crippen LogP contribution >= 0.6 is 0 Å². The van der Waals surface area contributed by atoms with Crippen molar-refractivity contribution in [3.63, 3.8) is 0 Å². The van der Waals surface area contributed by atoms with Crippen LogP contribution in [0.15, 0.2) is 24.0 Å². The van der Waals surface area contributed by atoms with E-state index in [9.17, 15) is 0 Å². The Bertz CT molecular complexity index is 385. The molecule has 0 radical (unpaired) electrons. The van der Waals surface area contributed by atoms with E-state index in [0.717, 1.165) is 37.3 Å². The van der Waals surface area contributed by atoms with Crippen molar-refractivity contribution in [3.05, 3.63) is 29.7 Å². The van der Waals surface area contributed by atoms with Crippen LogP contribution in [0.2, 0.25) is 0 Å². The van der Waals surface area contributed by atoms with Gasteiger partial charge in [-0.25, -0.2) is 9.97 Å². The molecule has 0 saturated heterocycles. The topological polar surface area (TPSA) is 37.8 Å². The summed E-state index contributed by atoms with van der Waals surface area (Å²) in [6, 6.07) is 2.06. The maximum Gasteiger partial charge on any atom is 0.129 e. The molecular weight excluding hydrogens is 210 g/mol. The van der Waals surface area contributed by atoms with E-state index in [1.54, 1.807) is 11.9 Å². The van der Waals surface area contributed by atoms with Gasteiger partial charge in [0.25, 0.3) is 0 Å². The summed E-state index contributed by atoms with van der Waals surface area (Å²) in [4.78, 5) is 8.50. The number of hydrogen-bond donors (Lipinski definition) is 1. The van der Waals surface area contributed by atoms with Crippen molar-refractivity contribution < 1.29 is 0 Å². The van der Waals surface area contributed by atoms with Crippen molar-refractivity contribution in [1.82, 2.24) is 9.97 Å². The number of aromatic nitrogens is 2. The zero-order valence-corrected chi connectivity index (χ0v) is 10.6. The summed E-state index contributed by atoms with van der Waals surface area (Å²) >= 11 is 0. The molecule has 0 amide bonds. The Morgan fingerprint density at radius 2 is 2.24 bits per heavy atom. The number of nitrogens with one attached hydrogen (secondary N) is 1. The molecule has 2 rings (SSSR count). The van der Waals surface area contributed by atoms with Crippen LogP contribution in [0.1, 0.15) is 44.7 Å². The zero-order valence-electron chi connectivity index (χ0n) is 10.6. The monoisotopic (exact) mass is 231 g/mol. The quantitative estimate of drug-likeness (QED) is 0.763. The largest absolute Gasteiger partial charge is 0.370 e. The SMILES string of the molecule is CCCc1cc(NCCC2=CCCC2)ncn1. The predicted octanol–water partition coefficient (Wildman–Crippen LogP) is 3.34. The Hall–Kier alpha value is -1.38. The summed E-state index contributed by atoms with van der Waals surface area (Å²) in [5.41, 5.74) is 2.73. The molecule has 1 aromatic rings. The second-order valence-electron chi connectivity index (χ2n) is 4.58. The lowest BCUT2D eigenvalue weighted by Crippen LogP contribution is -2.05. The first-order chi connectivity index (χ1) is 8.38. The van der Waals surface area contributed by atoms with Crippen LogP contribution in [0, 0.1) is 0 Å². The Labute approximate surface area is 103 Å². The molecule has 1 aliphatic rings. The molecule has 0 unspecified atom stereocenters. The molecule has 0 aliphatic heterocycles. The number of rotatable bonds is 6. The van der Waals surface area contributed by atoms with Gasteiger partial charge in [0, 0.05) is 18.3 Å². The van der Waals surface area contributed by atoms with Crippen molar-refractivity contribution in [1.29, 1.82) is 0 Å². The van der Waals surface area contributed by atoms with Gasteiger partial charge in [-0.1, -0.05) is 25.0 Å². The number of hydrogen-bond acceptors (Lipinski definition) is 3. The summed E-state index contributed by atoms with van der Waals surface area (Å²) < 4.78 is 0. The van der Waals surface area contributed by atoms with E-state index in [1.165, 1.54) is 19.3 Å². The van der Waals surface area contributed by atoms with Crippen LogP contribution in [-0.2, 0) is 6.42 Å². The van der Waals surface area contributed by atoms with Crippen LogP contribution in [0.3, 0.4) is 0 Å². The molecule has 3 nitrogen and oxygen atoms in total. The Morgan fingerprint density at radius 3 is 3.00 bits per heavy atom. The predicted molar refractivity (Wildman–Crippen MR) is 71.1 cm³/mol. The minimum atomic E-state index is 0.960. The molecule has 0 atom stereocenters. The summed E-state index contributed by atoms with van der Waals surface area (Å²) in [7, 11) is 0. The zero-order chi connectivity index (χ0) is 11.9. The molecule has 17 heavy (non-hydrogen) atoms. The van der Waals surface area contributed by atoms with Gasteiger partial charge in [0.15, 0.2) is 0 Å². The molecular formula is C14H21N3. The lowest BCUT2D eigenvalue weighted by atomic mass is 10.2. The second-order valence-corrected chi connectivity index (χ2v) is 4.58. The van der Waals surface area contributed by atoms with Crippen molar-refractivity contribution in [2.75, 3.05) is 11.9 Å². The maximum atomic E-state index is 4.25. The average Bonchev–Trinajstić information content (AvgIpc) is 2.83. The molecule has 92 valence electrons. The fraction of sp³-hybridized carbons (Fsp3) is 0.571. The van der Waals surface area contributed by atoms with Crippen LogP contribution in [0.25, 0.3) is 0 Å². The number of allylic oxidation sites excluding steroid dienone is 1. The first-order valence-electron chi connectivity index (χ1n) is 6.61. The van der Waals surface area contributed by atoms with Crippen molar-refractivity contribution in [2.45, 2.75) is 45.4 Å². The highest BCUT2D eigenvalue weighted by atomic mass is 15.0. The van der Waals surface area contributed by atoms with E-state index >= 15 is 0 Å². The molecule has 1 heterocycles. The third kappa shape index (κ3) is 3.84. The molecule has 1 N–H and O–H groups in total. The average molecular weight is 231 g/mol. The lowest BCUT2D eigenvalue weighted by molar-refractivity contribution is 0.855. The summed E-state index contributed by atoms with van der Waals surface area (Å²) in [5, 5.41) is 3.38. The molecule has 0 fully saturated rings. The fourth-order valence-electron chi connectivity index (χ4n) is 2.20. The first-order valence-corrected chi connectivity index (χ1v) is 6.61. The minimum absolute atomic E-state index is 0.960. The third-order valence-corrected chi connectivity index (χ3v) is 3.12. The minimum Gasteiger partial charge on any atom is -0.370 e. The highest BCUT2D eigenvalue weighted by Crippen LogP contribution is 2.20. The van der Waals surface area contributed by atoms with Gasteiger partial charge in [0.05, 0.1) is 0 Å². The first kappa shape index (κ1) is 12.1. The van der Waals surface area contributed by atoms with E-state index in [4.69, 9.17) is 0 Å². The van der Waals surface area contributed by atoms with Gasteiger partial charge in [0.2, 0.25) is 0 Å². The van der Waals surface area contributed by atoms with Crippen molar-refractivity contribution in [2.24, 2.45) is 0 Å². The van der Waals surface area contributed by atoms with Gasteiger partial charge >= 0.3 is 0 Å². The molecule has 3 heteroatoms. The summed E-state index contributed by atoms with van der Waals surface area (Å²) in [6.07, 6.45) is 11.2. The normalized spacial score (nSPS) is 14.8. The molecule has 1 aliphatic carbocycles. The van der Waals surface area contributed by atoms with Gasteiger partial charge in [-0.3, -0.25) is 0 Å². The van der Waals surface area contributed by atoms with Crippen LogP contribution in [-0.4, -0.2) is 16.5 Å². The van der Waals surface area contributed by atoms with Crippen LogP contribution in [0.4, 0.5) is 5.82 Å². The third-order valence-electron chi connectivity index (χ3n) is 3.12. The lowest BCUT2D eigenvalue weighted by Gasteiger charge is -2.07. The molecule has 0 aromatic carbocycles. The Morgan fingerprint density at radius 1 is 1.29 bits per heavy atom. The molecule has 0 bridgehead atoms. The number of anilines is 1. The number of nitrogens with zero attached hydrogens (tertiary/aromatic N) is 2. The van der Waals surface area contributed by atoms with E-state index in [0.29, 0.717) is 0 Å². The van der Waals surface area contributed by atoms with Gasteiger partial charge in [0.1, 0.15) is 12.1 Å². The Kier molecular flexibility index (Phi) is 4.54. The molecule has 0 spiro atoms. The second kappa shape index (κ2) is 6.38. The number of aryl methyl sites for hydroxylation is 1.